The molecule has 1 unspecified atom stereocenters. The maximum atomic E-state index is 14.0. The minimum Gasteiger partial charge on any atom is -0.462 e. The Balaban J connectivity index is 1.27. The number of benzene rings is 3. The van der Waals surface area contributed by atoms with Gasteiger partial charge in [-0.2, -0.15) is 0 Å². The average molecular weight is 467 g/mol. The third kappa shape index (κ3) is 3.95. The molecule has 1 saturated heterocycles. The number of hydrogen-bond donors (Lipinski definition) is 0. The quantitative estimate of drug-likeness (QED) is 0.539. The normalized spacial score (nSPS) is 23.3. The van der Waals surface area contributed by atoms with Crippen LogP contribution in [0.2, 0.25) is 0 Å². The number of fused-ring (bicyclic) bond motifs is 1. The second kappa shape index (κ2) is 9.33. The molecular weight excluding hydrogens is 436 g/mol. The molecule has 0 N–H and O–H groups in total. The Morgan fingerprint density at radius 3 is 2.20 bits per heavy atom. The summed E-state index contributed by atoms with van der Waals surface area (Å²) in [5.74, 6) is 1.12. The molecule has 3 aliphatic rings. The van der Waals surface area contributed by atoms with Crippen LogP contribution in [0.3, 0.4) is 0 Å². The summed E-state index contributed by atoms with van der Waals surface area (Å²) in [4.78, 5) is 18.9. The van der Waals surface area contributed by atoms with Crippen LogP contribution in [-0.2, 0) is 27.9 Å². The van der Waals surface area contributed by atoms with Crippen molar-refractivity contribution in [2.24, 2.45) is 0 Å². The third-order valence-corrected chi connectivity index (χ3v) is 7.72. The number of ketones is 1. The molecule has 2 aliphatic heterocycles. The summed E-state index contributed by atoms with van der Waals surface area (Å²) in [6, 6.07) is 29.1. The van der Waals surface area contributed by atoms with Gasteiger partial charge in [0, 0.05) is 38.2 Å². The van der Waals surface area contributed by atoms with E-state index in [-0.39, 0.29) is 18.6 Å². The molecule has 3 aromatic carbocycles. The topological polar surface area (TPSA) is 42.0 Å². The molecule has 35 heavy (non-hydrogen) atoms. The molecule has 2 heterocycles. The summed E-state index contributed by atoms with van der Waals surface area (Å²) >= 11 is 0. The molecule has 178 valence electrons. The van der Waals surface area contributed by atoms with E-state index in [2.05, 4.69) is 52.3 Å². The van der Waals surface area contributed by atoms with E-state index in [1.54, 1.807) is 6.26 Å². The first-order chi connectivity index (χ1) is 17.3. The Labute approximate surface area is 206 Å². The van der Waals surface area contributed by atoms with Crippen LogP contribution in [0.4, 0.5) is 0 Å². The summed E-state index contributed by atoms with van der Waals surface area (Å²) in [6.45, 7) is 3.62. The lowest BCUT2D eigenvalue weighted by Crippen LogP contribution is -2.60. The van der Waals surface area contributed by atoms with Gasteiger partial charge in [0.15, 0.2) is 11.5 Å². The molecular formula is C30H30N2O3. The molecule has 0 bridgehead atoms. The first-order valence-corrected chi connectivity index (χ1v) is 12.4. The number of carbonyl (C=O) groups is 1. The van der Waals surface area contributed by atoms with Crippen molar-refractivity contribution in [2.45, 2.75) is 24.4 Å². The van der Waals surface area contributed by atoms with Crippen molar-refractivity contribution in [3.8, 4) is 0 Å². The minimum atomic E-state index is -0.641. The van der Waals surface area contributed by atoms with Crippen LogP contribution >= 0.6 is 0 Å². The van der Waals surface area contributed by atoms with Crippen LogP contribution < -0.4 is 0 Å². The number of carbonyl (C=O) groups excluding carboxylic acids is 1. The van der Waals surface area contributed by atoms with Crippen molar-refractivity contribution in [3.63, 3.8) is 0 Å². The Bertz CT molecular complexity index is 1220. The van der Waals surface area contributed by atoms with Gasteiger partial charge in [0.05, 0.1) is 6.04 Å². The first-order valence-electron chi connectivity index (χ1n) is 12.4. The molecule has 3 aromatic rings. The Morgan fingerprint density at radius 2 is 1.51 bits per heavy atom. The highest BCUT2D eigenvalue weighted by molar-refractivity contribution is 6.08. The maximum absolute atomic E-state index is 14.0. The SMILES string of the molecule is O=C1c2ccccc2C[C@@]1(c1ccccc1)N1CCN(C(Cc2ccccc2)C2=COCO2)CC1. The highest BCUT2D eigenvalue weighted by atomic mass is 16.7. The monoisotopic (exact) mass is 466 g/mol. The third-order valence-electron chi connectivity index (χ3n) is 7.72. The lowest BCUT2D eigenvalue weighted by molar-refractivity contribution is 0.0116. The molecule has 0 aromatic heterocycles. The van der Waals surface area contributed by atoms with Crippen molar-refractivity contribution in [2.75, 3.05) is 33.0 Å². The van der Waals surface area contributed by atoms with E-state index >= 15 is 0 Å². The fourth-order valence-electron chi connectivity index (χ4n) is 5.95. The smallest absolute Gasteiger partial charge is 0.229 e. The first kappa shape index (κ1) is 22.1. The van der Waals surface area contributed by atoms with Gasteiger partial charge in [-0.1, -0.05) is 84.9 Å². The van der Waals surface area contributed by atoms with Crippen LogP contribution in [0.25, 0.3) is 0 Å². The number of rotatable bonds is 6. The number of Topliss-reactive ketones (excluding diaryl/α,β-unsaturated/α-hetero) is 1. The van der Waals surface area contributed by atoms with E-state index in [0.29, 0.717) is 0 Å². The zero-order valence-corrected chi connectivity index (χ0v) is 19.8. The molecule has 2 atom stereocenters. The second-order valence-corrected chi connectivity index (χ2v) is 9.57. The molecule has 6 rings (SSSR count). The standard InChI is InChI=1S/C30H30N2O3/c33-29-26-14-8-7-11-24(26)20-30(29,25-12-5-2-6-13-25)32-17-15-31(16-18-32)27(28-21-34-22-35-28)19-23-9-3-1-4-10-23/h1-14,21,27H,15-20,22H2/t27?,30-/m0/s1. The van der Waals surface area contributed by atoms with E-state index < -0.39 is 5.54 Å². The fourth-order valence-corrected chi connectivity index (χ4v) is 5.95. The van der Waals surface area contributed by atoms with Gasteiger partial charge in [0.1, 0.15) is 11.8 Å². The fraction of sp³-hybridized carbons (Fsp3) is 0.300. The van der Waals surface area contributed by atoms with E-state index in [1.807, 2.05) is 42.5 Å². The molecule has 0 spiro atoms. The molecule has 5 nitrogen and oxygen atoms in total. The molecule has 1 fully saturated rings. The second-order valence-electron chi connectivity index (χ2n) is 9.57. The van der Waals surface area contributed by atoms with Crippen molar-refractivity contribution >= 4 is 5.78 Å². The molecule has 0 saturated carbocycles. The van der Waals surface area contributed by atoms with Gasteiger partial charge in [-0.15, -0.1) is 0 Å². The lowest BCUT2D eigenvalue weighted by atomic mass is 9.83. The zero-order valence-electron chi connectivity index (χ0n) is 19.8. The molecule has 5 heteroatoms. The van der Waals surface area contributed by atoms with Gasteiger partial charge in [-0.25, -0.2) is 0 Å². The largest absolute Gasteiger partial charge is 0.462 e. The van der Waals surface area contributed by atoms with Gasteiger partial charge in [-0.05, 0) is 23.1 Å². The van der Waals surface area contributed by atoms with Crippen molar-refractivity contribution in [1.82, 2.24) is 9.80 Å². The van der Waals surface area contributed by atoms with Gasteiger partial charge in [-0.3, -0.25) is 14.6 Å². The Hall–Kier alpha value is -3.41. The minimum absolute atomic E-state index is 0.117. The average Bonchev–Trinajstić information content (AvgIpc) is 3.56. The van der Waals surface area contributed by atoms with E-state index in [1.165, 1.54) is 5.56 Å². The summed E-state index contributed by atoms with van der Waals surface area (Å²) in [5, 5.41) is 0. The summed E-state index contributed by atoms with van der Waals surface area (Å²) in [7, 11) is 0. The van der Waals surface area contributed by atoms with Gasteiger partial charge >= 0.3 is 0 Å². The number of hydrogen-bond acceptors (Lipinski definition) is 5. The van der Waals surface area contributed by atoms with Crippen LogP contribution in [0.5, 0.6) is 0 Å². The predicted octanol–water partition coefficient (Wildman–Crippen LogP) is 4.40. The van der Waals surface area contributed by atoms with Gasteiger partial charge < -0.3 is 9.47 Å². The highest BCUT2D eigenvalue weighted by Crippen LogP contribution is 2.43. The Kier molecular flexibility index (Phi) is 5.88. The highest BCUT2D eigenvalue weighted by Gasteiger charge is 2.51. The summed E-state index contributed by atoms with van der Waals surface area (Å²) in [6.07, 6.45) is 3.36. The molecule has 0 amide bonds. The van der Waals surface area contributed by atoms with Gasteiger partial charge in [0.2, 0.25) is 6.79 Å². The zero-order chi connectivity index (χ0) is 23.7. The van der Waals surface area contributed by atoms with Crippen molar-refractivity contribution in [3.05, 3.63) is 119 Å². The lowest BCUT2D eigenvalue weighted by Gasteiger charge is -2.46. The Morgan fingerprint density at radius 1 is 0.829 bits per heavy atom. The van der Waals surface area contributed by atoms with Crippen LogP contribution in [-0.4, -0.2) is 54.6 Å². The number of ether oxygens (including phenoxy) is 2. The molecule has 0 radical (unpaired) electrons. The summed E-state index contributed by atoms with van der Waals surface area (Å²) < 4.78 is 11.3. The maximum Gasteiger partial charge on any atom is 0.229 e. The van der Waals surface area contributed by atoms with Crippen molar-refractivity contribution < 1.29 is 14.3 Å². The number of piperazine rings is 1. The van der Waals surface area contributed by atoms with Crippen LogP contribution in [0, 0.1) is 0 Å². The van der Waals surface area contributed by atoms with Crippen molar-refractivity contribution in [1.29, 1.82) is 0 Å². The molecule has 1 aliphatic carbocycles. The van der Waals surface area contributed by atoms with Crippen LogP contribution in [0.1, 0.15) is 27.0 Å². The van der Waals surface area contributed by atoms with Gasteiger partial charge in [0.25, 0.3) is 0 Å². The van der Waals surface area contributed by atoms with E-state index in [9.17, 15) is 4.79 Å². The predicted molar refractivity (Wildman–Crippen MR) is 135 cm³/mol. The summed E-state index contributed by atoms with van der Waals surface area (Å²) in [5.41, 5.74) is 3.73. The number of nitrogens with zero attached hydrogens (tertiary/aromatic N) is 2. The van der Waals surface area contributed by atoms with E-state index in [4.69, 9.17) is 9.47 Å². The van der Waals surface area contributed by atoms with Crippen LogP contribution in [0.15, 0.2) is 97.0 Å². The van der Waals surface area contributed by atoms with E-state index in [0.717, 1.165) is 61.5 Å².